The maximum absolute atomic E-state index is 3.84. The van der Waals surface area contributed by atoms with Crippen LogP contribution in [-0.4, -0.2) is 0 Å². The molecule has 0 atom stereocenters. The monoisotopic (exact) mass is 458 g/mol. The molecule has 0 radical (unpaired) electrons. The van der Waals surface area contributed by atoms with E-state index in [-0.39, 0.29) is 9.41 Å². The second kappa shape index (κ2) is 10.8. The van der Waals surface area contributed by atoms with E-state index in [9.17, 15) is 0 Å². The van der Waals surface area contributed by atoms with E-state index in [2.05, 4.69) is 37.5 Å². The standard InChI is InChI=1S/2C9H11.2FH.Hf/c2*1-2-3-6-9-7-4-5-8-9;;;/h2*2,4,7H,1,3,5-6H2;2*1H;. The molecule has 0 heterocycles. The molecule has 0 saturated carbocycles. The predicted octanol–water partition coefficient (Wildman–Crippen LogP) is 5.73. The Hall–Kier alpha value is -0.830. The van der Waals surface area contributed by atoms with E-state index in [0.717, 1.165) is 12.8 Å². The van der Waals surface area contributed by atoms with E-state index in [1.165, 1.54) is 25.7 Å². The van der Waals surface area contributed by atoms with Crippen LogP contribution in [-0.2, 0) is 22.9 Å². The smallest absolute Gasteiger partial charge is 0.269 e. The average molecular weight is 457 g/mol. The molecule has 0 bridgehead atoms. The van der Waals surface area contributed by atoms with Crippen LogP contribution in [0.2, 0.25) is 0 Å². The van der Waals surface area contributed by atoms with Gasteiger partial charge < -0.3 is 0 Å². The van der Waals surface area contributed by atoms with Crippen molar-refractivity contribution in [3.63, 3.8) is 0 Å². The molecule has 0 nitrogen and oxygen atoms in total. The maximum Gasteiger partial charge on any atom is -0.269 e. The van der Waals surface area contributed by atoms with Crippen molar-refractivity contribution in [3.8, 4) is 0 Å². The Kier molecular flexibility index (Phi) is 10.4. The molecule has 0 aromatic rings. The topological polar surface area (TPSA) is 0 Å². The van der Waals surface area contributed by atoms with Crippen LogP contribution in [0.5, 0.6) is 0 Å². The van der Waals surface area contributed by atoms with Crippen LogP contribution in [0, 0.1) is 0 Å². The van der Waals surface area contributed by atoms with Gasteiger partial charge in [0.1, 0.15) is 0 Å². The maximum atomic E-state index is 3.84. The third-order valence-electron chi connectivity index (χ3n) is 3.59. The Morgan fingerprint density at radius 1 is 0.857 bits per heavy atom. The summed E-state index contributed by atoms with van der Waals surface area (Å²) in [5.41, 5.74) is 3.26. The molecule has 0 fully saturated rings. The first-order valence-electron chi connectivity index (χ1n) is 7.11. The number of hydrogen-bond acceptors (Lipinski definition) is 0. The van der Waals surface area contributed by atoms with Crippen molar-refractivity contribution in [1.82, 2.24) is 0 Å². The van der Waals surface area contributed by atoms with E-state index in [1.54, 1.807) is 11.1 Å². The van der Waals surface area contributed by atoms with Crippen LogP contribution >= 0.6 is 0 Å². The Morgan fingerprint density at radius 2 is 1.29 bits per heavy atom. The fraction of sp³-hybridized carbons (Fsp3) is 0.333. The Morgan fingerprint density at radius 3 is 1.67 bits per heavy atom. The van der Waals surface area contributed by atoms with Gasteiger partial charge in [-0.2, -0.15) is 0 Å². The minimum Gasteiger partial charge on any atom is -0.269 e. The molecule has 114 valence electrons. The molecule has 2 aliphatic carbocycles. The SMILES string of the molecule is C=CCCC1=[C]([Hf][C]2=C(CCC=C)C=CC2)CC=C1.F.F. The van der Waals surface area contributed by atoms with Crippen LogP contribution in [0.3, 0.4) is 0 Å². The summed E-state index contributed by atoms with van der Waals surface area (Å²) >= 11 is -0.776. The van der Waals surface area contributed by atoms with Crippen LogP contribution in [0.4, 0.5) is 9.41 Å². The van der Waals surface area contributed by atoms with Gasteiger partial charge in [-0.15, -0.1) is 0 Å². The normalized spacial score (nSPS) is 15.8. The molecule has 0 spiro atoms. The van der Waals surface area contributed by atoms with E-state index in [4.69, 9.17) is 0 Å². The number of halogens is 2. The first-order valence-corrected chi connectivity index (χ1v) is 10.7. The molecule has 0 aromatic carbocycles. The van der Waals surface area contributed by atoms with Crippen LogP contribution < -0.4 is 0 Å². The quantitative estimate of drug-likeness (QED) is 0.323. The van der Waals surface area contributed by atoms with Gasteiger partial charge in [0.25, 0.3) is 0 Å². The zero-order valence-electron chi connectivity index (χ0n) is 12.4. The van der Waals surface area contributed by atoms with Gasteiger partial charge in [0.2, 0.25) is 0 Å². The molecule has 0 amide bonds. The van der Waals surface area contributed by atoms with Crippen molar-refractivity contribution in [2.75, 3.05) is 0 Å². The Balaban J connectivity index is 0.00000200. The fourth-order valence-corrected chi connectivity index (χ4v) is 8.07. The summed E-state index contributed by atoms with van der Waals surface area (Å²) in [6, 6.07) is 0. The van der Waals surface area contributed by atoms with E-state index in [1.807, 2.05) is 18.8 Å². The van der Waals surface area contributed by atoms with E-state index in [0.29, 0.717) is 0 Å². The summed E-state index contributed by atoms with van der Waals surface area (Å²) < 4.78 is 3.63. The van der Waals surface area contributed by atoms with Gasteiger partial charge in [-0.25, -0.2) is 0 Å². The molecule has 2 rings (SSSR count). The van der Waals surface area contributed by atoms with Crippen LogP contribution in [0.25, 0.3) is 0 Å². The zero-order valence-corrected chi connectivity index (χ0v) is 16.0. The summed E-state index contributed by atoms with van der Waals surface area (Å²) in [7, 11) is 0. The first kappa shape index (κ1) is 20.2. The van der Waals surface area contributed by atoms with Crippen molar-refractivity contribution >= 4 is 0 Å². The van der Waals surface area contributed by atoms with Gasteiger partial charge in [0.05, 0.1) is 0 Å². The van der Waals surface area contributed by atoms with Gasteiger partial charge in [0.15, 0.2) is 0 Å². The summed E-state index contributed by atoms with van der Waals surface area (Å²) in [5, 5.41) is 0. The third kappa shape index (κ3) is 5.82. The molecule has 21 heavy (non-hydrogen) atoms. The zero-order chi connectivity index (χ0) is 13.5. The second-order valence-electron chi connectivity index (χ2n) is 5.00. The average Bonchev–Trinajstić information content (AvgIpc) is 3.04. The van der Waals surface area contributed by atoms with E-state index >= 15 is 0 Å². The first-order chi connectivity index (χ1) is 9.35. The molecular formula is C18H24F2Hf. The van der Waals surface area contributed by atoms with Gasteiger partial charge in [0, 0.05) is 0 Å². The molecule has 0 saturated heterocycles. The van der Waals surface area contributed by atoms with Crippen molar-refractivity contribution in [1.29, 1.82) is 0 Å². The fourth-order valence-electron chi connectivity index (χ4n) is 2.53. The summed E-state index contributed by atoms with van der Waals surface area (Å²) in [6.45, 7) is 7.67. The third-order valence-corrected chi connectivity index (χ3v) is 9.54. The van der Waals surface area contributed by atoms with Crippen LogP contribution in [0.1, 0.15) is 38.5 Å². The van der Waals surface area contributed by atoms with Gasteiger partial charge in [-0.1, -0.05) is 0 Å². The molecule has 0 N–H and O–H groups in total. The largest absolute Gasteiger partial charge is 0.269 e. The molecule has 0 aliphatic heterocycles. The minimum atomic E-state index is -0.776. The van der Waals surface area contributed by atoms with Gasteiger partial charge in [-0.05, 0) is 0 Å². The number of allylic oxidation sites excluding steroid dienone is 10. The molecule has 3 heteroatoms. The van der Waals surface area contributed by atoms with Crippen molar-refractivity contribution in [2.24, 2.45) is 0 Å². The molecule has 0 unspecified atom stereocenters. The van der Waals surface area contributed by atoms with Gasteiger partial charge in [-0.3, -0.25) is 9.41 Å². The summed E-state index contributed by atoms with van der Waals surface area (Å²) in [5.74, 6) is 0. The van der Waals surface area contributed by atoms with Crippen molar-refractivity contribution in [2.45, 2.75) is 38.5 Å². The molecule has 2 aliphatic rings. The number of rotatable bonds is 8. The Bertz CT molecular complexity index is 437. The van der Waals surface area contributed by atoms with E-state index < -0.39 is 22.9 Å². The number of hydrogen-bond donors (Lipinski definition) is 0. The second-order valence-corrected chi connectivity index (χ2v) is 10.2. The minimum absolute atomic E-state index is 0. The predicted molar refractivity (Wildman–Crippen MR) is 85.4 cm³/mol. The van der Waals surface area contributed by atoms with Crippen molar-refractivity contribution < 1.29 is 32.3 Å². The Labute approximate surface area is 138 Å². The summed E-state index contributed by atoms with van der Waals surface area (Å²) in [6.07, 6.45) is 20.6. The van der Waals surface area contributed by atoms with Crippen LogP contribution in [0.15, 0.2) is 67.4 Å². The van der Waals surface area contributed by atoms with Gasteiger partial charge >= 0.3 is 129 Å². The molecule has 0 aromatic heterocycles. The summed E-state index contributed by atoms with van der Waals surface area (Å²) in [4.78, 5) is 0. The van der Waals surface area contributed by atoms with Crippen molar-refractivity contribution in [3.05, 3.63) is 67.4 Å². The molecular weight excluding hydrogens is 433 g/mol.